The van der Waals surface area contributed by atoms with E-state index in [4.69, 9.17) is 5.11 Å². The van der Waals surface area contributed by atoms with E-state index in [9.17, 15) is 9.59 Å². The molecule has 4 heteroatoms. The topological polar surface area (TPSA) is 66.4 Å². The summed E-state index contributed by atoms with van der Waals surface area (Å²) < 4.78 is 0. The van der Waals surface area contributed by atoms with Crippen LogP contribution < -0.4 is 5.32 Å². The third-order valence-corrected chi connectivity index (χ3v) is 2.51. The van der Waals surface area contributed by atoms with Crippen LogP contribution in [0, 0.1) is 5.41 Å². The minimum atomic E-state index is -1.05. The van der Waals surface area contributed by atoms with Crippen molar-refractivity contribution < 1.29 is 14.7 Å². The molecule has 0 heterocycles. The molecule has 2 N–H and O–H groups in total. The third-order valence-electron chi connectivity index (χ3n) is 2.51. The lowest BCUT2D eigenvalue weighted by atomic mass is 10.1. The first-order valence-corrected chi connectivity index (χ1v) is 4.19. The average Bonchev–Trinajstić information content (AvgIpc) is 2.83. The molecule has 0 aromatic rings. The van der Waals surface area contributed by atoms with Crippen LogP contribution >= 0.6 is 0 Å². The number of hydrogen-bond donors (Lipinski definition) is 2. The molecule has 4 nitrogen and oxygen atoms in total. The van der Waals surface area contributed by atoms with Gasteiger partial charge >= 0.3 is 5.97 Å². The predicted molar refractivity (Wildman–Crippen MR) is 40.5 cm³/mol. The van der Waals surface area contributed by atoms with E-state index in [2.05, 4.69) is 5.32 Å². The van der Waals surface area contributed by atoms with Crippen LogP contribution in [-0.4, -0.2) is 23.0 Å². The molecular formula is C8H11NO3. The van der Waals surface area contributed by atoms with Crippen molar-refractivity contribution in [1.82, 2.24) is 5.32 Å². The summed E-state index contributed by atoms with van der Waals surface area (Å²) in [6.45, 7) is 0. The Labute approximate surface area is 69.9 Å². The Morgan fingerprint density at radius 2 is 1.92 bits per heavy atom. The summed E-state index contributed by atoms with van der Waals surface area (Å²) in [4.78, 5) is 22.0. The first-order chi connectivity index (χ1) is 5.65. The first kappa shape index (κ1) is 7.58. The summed E-state index contributed by atoms with van der Waals surface area (Å²) in [5.74, 6) is -1.25. The SMILES string of the molecule is O=C(O)C1(C(=O)NC2CC2)CC1. The maximum Gasteiger partial charge on any atom is 0.319 e. The molecule has 0 aromatic heterocycles. The van der Waals surface area contributed by atoms with Gasteiger partial charge < -0.3 is 10.4 Å². The standard InChI is InChI=1S/C8H11NO3/c10-6(9-5-1-2-5)8(3-4-8)7(11)12/h5H,1-4H2,(H,9,10)(H,11,12). The smallest absolute Gasteiger partial charge is 0.319 e. The lowest BCUT2D eigenvalue weighted by molar-refractivity contribution is -0.149. The van der Waals surface area contributed by atoms with Gasteiger partial charge in [0.2, 0.25) is 5.91 Å². The lowest BCUT2D eigenvalue weighted by Gasteiger charge is -2.08. The Morgan fingerprint density at radius 1 is 1.33 bits per heavy atom. The maximum absolute atomic E-state index is 11.3. The van der Waals surface area contributed by atoms with E-state index in [1.807, 2.05) is 0 Å². The largest absolute Gasteiger partial charge is 0.480 e. The van der Waals surface area contributed by atoms with Gasteiger partial charge in [0.25, 0.3) is 0 Å². The third kappa shape index (κ3) is 1.07. The molecule has 0 atom stereocenters. The van der Waals surface area contributed by atoms with Crippen LogP contribution in [-0.2, 0) is 9.59 Å². The minimum absolute atomic E-state index is 0.259. The quantitative estimate of drug-likeness (QED) is 0.590. The van der Waals surface area contributed by atoms with Crippen molar-refractivity contribution in [2.24, 2.45) is 5.41 Å². The molecule has 0 aliphatic heterocycles. The molecule has 0 aromatic carbocycles. The highest BCUT2D eigenvalue weighted by molar-refractivity contribution is 6.05. The molecule has 2 aliphatic rings. The van der Waals surface area contributed by atoms with E-state index in [-0.39, 0.29) is 11.9 Å². The monoisotopic (exact) mass is 169 g/mol. The minimum Gasteiger partial charge on any atom is -0.480 e. The number of amides is 1. The van der Waals surface area contributed by atoms with E-state index < -0.39 is 11.4 Å². The van der Waals surface area contributed by atoms with Gasteiger partial charge in [0, 0.05) is 6.04 Å². The van der Waals surface area contributed by atoms with Gasteiger partial charge in [-0.3, -0.25) is 9.59 Å². The summed E-state index contributed by atoms with van der Waals surface area (Å²) in [6.07, 6.45) is 3.00. The molecule has 0 saturated heterocycles. The van der Waals surface area contributed by atoms with Gasteiger partial charge in [-0.1, -0.05) is 0 Å². The molecule has 2 saturated carbocycles. The van der Waals surface area contributed by atoms with Crippen LogP contribution in [0.3, 0.4) is 0 Å². The van der Waals surface area contributed by atoms with E-state index in [1.165, 1.54) is 0 Å². The molecule has 1 amide bonds. The highest BCUT2D eigenvalue weighted by atomic mass is 16.4. The highest BCUT2D eigenvalue weighted by Gasteiger charge is 2.57. The Balaban J connectivity index is 1.97. The zero-order valence-electron chi connectivity index (χ0n) is 6.67. The second kappa shape index (κ2) is 2.21. The second-order valence-electron chi connectivity index (χ2n) is 3.63. The van der Waals surface area contributed by atoms with Gasteiger partial charge in [-0.25, -0.2) is 0 Å². The Bertz CT molecular complexity index is 241. The Morgan fingerprint density at radius 3 is 2.25 bits per heavy atom. The van der Waals surface area contributed by atoms with E-state index in [0.717, 1.165) is 12.8 Å². The number of carbonyl (C=O) groups excluding carboxylic acids is 1. The summed E-state index contributed by atoms with van der Waals surface area (Å²) >= 11 is 0. The summed E-state index contributed by atoms with van der Waals surface area (Å²) in [5.41, 5.74) is -1.05. The molecule has 2 rings (SSSR count). The van der Waals surface area contributed by atoms with Crippen molar-refractivity contribution >= 4 is 11.9 Å². The molecular weight excluding hydrogens is 158 g/mol. The molecule has 0 bridgehead atoms. The average molecular weight is 169 g/mol. The number of rotatable bonds is 3. The number of carbonyl (C=O) groups is 2. The number of hydrogen-bond acceptors (Lipinski definition) is 2. The molecule has 0 spiro atoms. The van der Waals surface area contributed by atoms with Crippen LogP contribution in [0.2, 0.25) is 0 Å². The number of carboxylic acids is 1. The van der Waals surface area contributed by atoms with Crippen molar-refractivity contribution in [2.75, 3.05) is 0 Å². The van der Waals surface area contributed by atoms with Gasteiger partial charge in [0.05, 0.1) is 0 Å². The predicted octanol–water partition coefficient (Wildman–Crippen LogP) is 0.130. The summed E-state index contributed by atoms with van der Waals surface area (Å²) in [5, 5.41) is 11.5. The van der Waals surface area contributed by atoms with E-state index >= 15 is 0 Å². The Kier molecular flexibility index (Phi) is 1.40. The zero-order chi connectivity index (χ0) is 8.77. The fraction of sp³-hybridized carbons (Fsp3) is 0.750. The maximum atomic E-state index is 11.3. The van der Waals surface area contributed by atoms with Crippen LogP contribution in [0.1, 0.15) is 25.7 Å². The van der Waals surface area contributed by atoms with E-state index in [0.29, 0.717) is 12.8 Å². The molecule has 0 unspecified atom stereocenters. The van der Waals surface area contributed by atoms with Crippen molar-refractivity contribution in [3.8, 4) is 0 Å². The van der Waals surface area contributed by atoms with Gasteiger partial charge in [-0.15, -0.1) is 0 Å². The first-order valence-electron chi connectivity index (χ1n) is 4.19. The Hall–Kier alpha value is -1.06. The van der Waals surface area contributed by atoms with Crippen molar-refractivity contribution in [3.63, 3.8) is 0 Å². The van der Waals surface area contributed by atoms with E-state index in [1.54, 1.807) is 0 Å². The van der Waals surface area contributed by atoms with Gasteiger partial charge in [0.1, 0.15) is 5.41 Å². The van der Waals surface area contributed by atoms with Gasteiger partial charge in [-0.2, -0.15) is 0 Å². The molecule has 2 aliphatic carbocycles. The van der Waals surface area contributed by atoms with Crippen LogP contribution in [0.25, 0.3) is 0 Å². The second-order valence-corrected chi connectivity index (χ2v) is 3.63. The van der Waals surface area contributed by atoms with Crippen LogP contribution in [0.15, 0.2) is 0 Å². The highest BCUT2D eigenvalue weighted by Crippen LogP contribution is 2.46. The number of aliphatic carboxylic acids is 1. The van der Waals surface area contributed by atoms with Gasteiger partial charge in [-0.05, 0) is 25.7 Å². The van der Waals surface area contributed by atoms with Crippen molar-refractivity contribution in [3.05, 3.63) is 0 Å². The summed E-state index contributed by atoms with van der Waals surface area (Å²) in [7, 11) is 0. The van der Waals surface area contributed by atoms with Crippen molar-refractivity contribution in [2.45, 2.75) is 31.7 Å². The van der Waals surface area contributed by atoms with Gasteiger partial charge in [0.15, 0.2) is 0 Å². The number of nitrogens with one attached hydrogen (secondary N) is 1. The number of carboxylic acid groups (broad SMARTS) is 1. The summed E-state index contributed by atoms with van der Waals surface area (Å²) in [6, 6.07) is 0.259. The molecule has 2 fully saturated rings. The normalized spacial score (nSPS) is 24.7. The molecule has 66 valence electrons. The fourth-order valence-electron chi connectivity index (χ4n) is 1.21. The fourth-order valence-corrected chi connectivity index (χ4v) is 1.21. The lowest BCUT2D eigenvalue weighted by Crippen LogP contribution is -2.38. The van der Waals surface area contributed by atoms with Crippen LogP contribution in [0.4, 0.5) is 0 Å². The molecule has 0 radical (unpaired) electrons. The van der Waals surface area contributed by atoms with Crippen LogP contribution in [0.5, 0.6) is 0 Å². The van der Waals surface area contributed by atoms with Crippen molar-refractivity contribution in [1.29, 1.82) is 0 Å². The zero-order valence-corrected chi connectivity index (χ0v) is 6.67. The molecule has 12 heavy (non-hydrogen) atoms.